The van der Waals surface area contributed by atoms with E-state index in [-0.39, 0.29) is 5.57 Å². The fraction of sp³-hybridized carbons (Fsp3) is 0.100. The summed E-state index contributed by atoms with van der Waals surface area (Å²) in [4.78, 5) is 12.3. The van der Waals surface area contributed by atoms with E-state index < -0.39 is 5.91 Å². The molecule has 0 bridgehead atoms. The number of nitriles is 1. The van der Waals surface area contributed by atoms with E-state index in [0.717, 1.165) is 16.7 Å². The number of hydrogen-bond acceptors (Lipinski definition) is 2. The molecule has 0 heterocycles. The summed E-state index contributed by atoms with van der Waals surface area (Å²) in [6.45, 7) is 3.98. The molecule has 0 radical (unpaired) electrons. The highest BCUT2D eigenvalue weighted by Gasteiger charge is 2.10. The van der Waals surface area contributed by atoms with Gasteiger partial charge in [0.05, 0.1) is 0 Å². The van der Waals surface area contributed by atoms with E-state index in [1.165, 1.54) is 6.08 Å². The summed E-state index contributed by atoms with van der Waals surface area (Å²) in [5, 5.41) is 12.0. The van der Waals surface area contributed by atoms with Crippen molar-refractivity contribution in [2.75, 3.05) is 5.32 Å². The average Bonchev–Trinajstić information content (AvgIpc) is 2.57. The Balaban J connectivity index is 2.17. The highest BCUT2D eigenvalue weighted by atomic mass is 79.9. The van der Waals surface area contributed by atoms with Crippen LogP contribution in [0.2, 0.25) is 0 Å². The molecule has 0 aromatic heterocycles. The highest BCUT2D eigenvalue weighted by Crippen LogP contribution is 2.18. The van der Waals surface area contributed by atoms with Crippen LogP contribution in [0.1, 0.15) is 16.7 Å². The minimum absolute atomic E-state index is 0.0345. The molecule has 0 saturated heterocycles. The lowest BCUT2D eigenvalue weighted by Crippen LogP contribution is -2.13. The number of halogens is 1. The van der Waals surface area contributed by atoms with Crippen molar-refractivity contribution in [1.82, 2.24) is 0 Å². The first-order valence-corrected chi connectivity index (χ1v) is 8.21. The number of carbonyl (C=O) groups excluding carboxylic acids is 1. The molecule has 0 unspecified atom stereocenters. The van der Waals surface area contributed by atoms with Crippen LogP contribution in [0.4, 0.5) is 5.69 Å². The molecular formula is C20H17BrN2O. The first kappa shape index (κ1) is 17.7. The van der Waals surface area contributed by atoms with Gasteiger partial charge in [-0.15, -0.1) is 0 Å². The van der Waals surface area contributed by atoms with E-state index in [2.05, 4.69) is 21.2 Å². The number of aryl methyl sites for hydroxylation is 2. The predicted molar refractivity (Wildman–Crippen MR) is 102 cm³/mol. The molecule has 0 atom stereocenters. The van der Waals surface area contributed by atoms with Crippen molar-refractivity contribution in [2.45, 2.75) is 13.8 Å². The van der Waals surface area contributed by atoms with E-state index in [1.54, 1.807) is 0 Å². The molecule has 0 saturated carbocycles. The number of anilines is 1. The molecule has 4 heteroatoms. The summed E-state index contributed by atoms with van der Waals surface area (Å²) in [7, 11) is 0. The van der Waals surface area contributed by atoms with Gasteiger partial charge >= 0.3 is 0 Å². The zero-order chi connectivity index (χ0) is 17.5. The quantitative estimate of drug-likeness (QED) is 0.454. The van der Waals surface area contributed by atoms with E-state index in [4.69, 9.17) is 0 Å². The Kier molecular flexibility index (Phi) is 6.11. The topological polar surface area (TPSA) is 52.9 Å². The fourth-order valence-electron chi connectivity index (χ4n) is 2.05. The summed E-state index contributed by atoms with van der Waals surface area (Å²) in [6.07, 6.45) is 3.37. The fourth-order valence-corrected chi connectivity index (χ4v) is 2.55. The van der Waals surface area contributed by atoms with Crippen LogP contribution in [0.15, 0.2) is 64.7 Å². The lowest BCUT2D eigenvalue weighted by atomic mass is 10.1. The van der Waals surface area contributed by atoms with Crippen LogP contribution in [0, 0.1) is 25.2 Å². The summed E-state index contributed by atoms with van der Waals surface area (Å²) >= 11 is 3.38. The summed E-state index contributed by atoms with van der Waals surface area (Å²) in [6, 6.07) is 17.2. The Hall–Kier alpha value is -2.64. The SMILES string of the molecule is Cc1ccc(NC(=O)/C(C#N)=C/C(Br)=C/c2ccccc2)cc1C. The van der Waals surface area contributed by atoms with Gasteiger partial charge in [0.1, 0.15) is 11.6 Å². The lowest BCUT2D eigenvalue weighted by molar-refractivity contribution is -0.112. The molecule has 2 aromatic carbocycles. The number of allylic oxidation sites excluding steroid dienone is 2. The van der Waals surface area contributed by atoms with Crippen LogP contribution in [0.5, 0.6) is 0 Å². The van der Waals surface area contributed by atoms with Gasteiger partial charge in [0.25, 0.3) is 5.91 Å². The number of nitrogens with one attached hydrogen (secondary N) is 1. The number of benzene rings is 2. The summed E-state index contributed by atoms with van der Waals surface area (Å²) in [5.41, 5.74) is 3.92. The molecule has 3 nitrogen and oxygen atoms in total. The van der Waals surface area contributed by atoms with Crippen LogP contribution in [-0.2, 0) is 4.79 Å². The van der Waals surface area contributed by atoms with Crippen LogP contribution >= 0.6 is 15.9 Å². The third kappa shape index (κ3) is 4.94. The van der Waals surface area contributed by atoms with Gasteiger partial charge < -0.3 is 5.32 Å². The first-order chi connectivity index (χ1) is 11.5. The largest absolute Gasteiger partial charge is 0.321 e. The van der Waals surface area contributed by atoms with Gasteiger partial charge in [-0.3, -0.25) is 4.79 Å². The standard InChI is InChI=1S/C20H17BrN2O/c1-14-8-9-19(10-15(14)2)23-20(24)17(13-22)12-18(21)11-16-6-4-3-5-7-16/h3-12H,1-2H3,(H,23,24)/b17-12+,18-11-. The van der Waals surface area contributed by atoms with Gasteiger partial charge in [-0.2, -0.15) is 5.26 Å². The molecule has 2 rings (SSSR count). The van der Waals surface area contributed by atoms with Crippen molar-refractivity contribution in [2.24, 2.45) is 0 Å². The molecule has 0 aliphatic carbocycles. The average molecular weight is 381 g/mol. The molecule has 0 fully saturated rings. The predicted octanol–water partition coefficient (Wildman–Crippen LogP) is 5.13. The van der Waals surface area contributed by atoms with Crippen molar-refractivity contribution in [3.05, 3.63) is 81.4 Å². The number of carbonyl (C=O) groups is 1. The second-order valence-electron chi connectivity index (χ2n) is 5.36. The minimum Gasteiger partial charge on any atom is -0.321 e. The van der Waals surface area contributed by atoms with E-state index >= 15 is 0 Å². The molecule has 1 N–H and O–H groups in total. The number of rotatable bonds is 4. The van der Waals surface area contributed by atoms with Crippen LogP contribution in [0.3, 0.4) is 0 Å². The molecule has 0 spiro atoms. The maximum Gasteiger partial charge on any atom is 0.266 e. The van der Waals surface area contributed by atoms with Crippen molar-refractivity contribution in [3.8, 4) is 6.07 Å². The second-order valence-corrected chi connectivity index (χ2v) is 6.28. The molecular weight excluding hydrogens is 364 g/mol. The Morgan fingerprint density at radius 1 is 1.12 bits per heavy atom. The Bertz CT molecular complexity index is 846. The van der Waals surface area contributed by atoms with Crippen LogP contribution in [0.25, 0.3) is 6.08 Å². The number of hydrogen-bond donors (Lipinski definition) is 1. The normalized spacial score (nSPS) is 11.8. The maximum atomic E-state index is 12.3. The van der Waals surface area contributed by atoms with Crippen molar-refractivity contribution in [3.63, 3.8) is 0 Å². The van der Waals surface area contributed by atoms with Crippen molar-refractivity contribution >= 4 is 33.6 Å². The summed E-state index contributed by atoms with van der Waals surface area (Å²) in [5.74, 6) is -0.431. The zero-order valence-corrected chi connectivity index (χ0v) is 15.1. The minimum atomic E-state index is -0.431. The smallest absolute Gasteiger partial charge is 0.266 e. The molecule has 0 aliphatic heterocycles. The number of nitrogens with zero attached hydrogens (tertiary/aromatic N) is 1. The van der Waals surface area contributed by atoms with E-state index in [1.807, 2.05) is 74.5 Å². The third-order valence-electron chi connectivity index (χ3n) is 3.52. The van der Waals surface area contributed by atoms with Gasteiger partial charge in [0.2, 0.25) is 0 Å². The lowest BCUT2D eigenvalue weighted by Gasteiger charge is -2.07. The van der Waals surface area contributed by atoms with E-state index in [9.17, 15) is 10.1 Å². The summed E-state index contributed by atoms with van der Waals surface area (Å²) < 4.78 is 0.653. The Morgan fingerprint density at radius 3 is 2.46 bits per heavy atom. The Morgan fingerprint density at radius 2 is 1.83 bits per heavy atom. The number of amides is 1. The van der Waals surface area contributed by atoms with Gasteiger partial charge in [0, 0.05) is 10.2 Å². The first-order valence-electron chi connectivity index (χ1n) is 7.42. The van der Waals surface area contributed by atoms with Gasteiger partial charge in [-0.1, -0.05) is 52.3 Å². The van der Waals surface area contributed by atoms with Gasteiger partial charge in [-0.05, 0) is 54.8 Å². The monoisotopic (exact) mass is 380 g/mol. The molecule has 120 valence electrons. The van der Waals surface area contributed by atoms with Gasteiger partial charge in [0.15, 0.2) is 0 Å². The zero-order valence-electron chi connectivity index (χ0n) is 13.5. The Labute approximate surface area is 150 Å². The molecule has 1 amide bonds. The second kappa shape index (κ2) is 8.28. The van der Waals surface area contributed by atoms with Gasteiger partial charge in [-0.25, -0.2) is 0 Å². The molecule has 24 heavy (non-hydrogen) atoms. The van der Waals surface area contributed by atoms with Crippen molar-refractivity contribution < 1.29 is 4.79 Å². The van der Waals surface area contributed by atoms with E-state index in [0.29, 0.717) is 10.2 Å². The maximum absolute atomic E-state index is 12.3. The highest BCUT2D eigenvalue weighted by molar-refractivity contribution is 9.12. The molecule has 0 aliphatic rings. The van der Waals surface area contributed by atoms with Crippen LogP contribution < -0.4 is 5.32 Å². The van der Waals surface area contributed by atoms with Crippen molar-refractivity contribution in [1.29, 1.82) is 5.26 Å². The van der Waals surface area contributed by atoms with Crippen LogP contribution in [-0.4, -0.2) is 5.91 Å². The molecule has 2 aromatic rings. The third-order valence-corrected chi connectivity index (χ3v) is 3.97.